The summed E-state index contributed by atoms with van der Waals surface area (Å²) in [6.07, 6.45) is 13.9. The molecular formula is C28H32N4O2. The van der Waals surface area contributed by atoms with Crippen LogP contribution in [0.25, 0.3) is 22.4 Å². The summed E-state index contributed by atoms with van der Waals surface area (Å²) in [6, 6.07) is 13.6. The minimum Gasteiger partial charge on any atom is -0.349 e. The van der Waals surface area contributed by atoms with Gasteiger partial charge in [-0.1, -0.05) is 37.8 Å². The number of H-pyrrole nitrogens is 1. The summed E-state index contributed by atoms with van der Waals surface area (Å²) >= 11 is 0. The molecule has 0 saturated heterocycles. The summed E-state index contributed by atoms with van der Waals surface area (Å²) in [7, 11) is 0. The van der Waals surface area contributed by atoms with Crippen molar-refractivity contribution < 1.29 is 9.59 Å². The van der Waals surface area contributed by atoms with Gasteiger partial charge >= 0.3 is 0 Å². The van der Waals surface area contributed by atoms with Crippen LogP contribution in [0.15, 0.2) is 54.6 Å². The zero-order valence-electron chi connectivity index (χ0n) is 19.5. The molecule has 6 heteroatoms. The number of imidazole rings is 1. The van der Waals surface area contributed by atoms with Crippen LogP contribution in [0.3, 0.4) is 0 Å². The van der Waals surface area contributed by atoms with Gasteiger partial charge in [-0.15, -0.1) is 0 Å². The lowest BCUT2D eigenvalue weighted by molar-refractivity contribution is -0.120. The molecule has 6 nitrogen and oxygen atoms in total. The van der Waals surface area contributed by atoms with Crippen molar-refractivity contribution in [3.63, 3.8) is 0 Å². The average Bonchev–Trinajstić information content (AvgIpc) is 3.13. The van der Waals surface area contributed by atoms with Gasteiger partial charge in [0.15, 0.2) is 0 Å². The number of benzene rings is 2. The Hall–Kier alpha value is -3.41. The topological polar surface area (TPSA) is 86.9 Å². The first-order valence-electron chi connectivity index (χ1n) is 12.5. The Morgan fingerprint density at radius 3 is 2.44 bits per heavy atom. The van der Waals surface area contributed by atoms with Gasteiger partial charge in [-0.25, -0.2) is 4.98 Å². The van der Waals surface area contributed by atoms with Crippen LogP contribution in [-0.4, -0.2) is 27.8 Å². The van der Waals surface area contributed by atoms with E-state index in [2.05, 4.69) is 27.8 Å². The van der Waals surface area contributed by atoms with Gasteiger partial charge in [0.2, 0.25) is 5.91 Å². The number of nitrogens with one attached hydrogen (secondary N) is 3. The van der Waals surface area contributed by atoms with Gasteiger partial charge in [-0.2, -0.15) is 0 Å². The van der Waals surface area contributed by atoms with Gasteiger partial charge in [0.1, 0.15) is 5.82 Å². The maximum atomic E-state index is 12.8. The number of amides is 2. The molecular weight excluding hydrogens is 424 g/mol. The van der Waals surface area contributed by atoms with Crippen LogP contribution in [0.4, 0.5) is 5.69 Å². The highest BCUT2D eigenvalue weighted by atomic mass is 16.2. The van der Waals surface area contributed by atoms with E-state index in [1.165, 1.54) is 25.7 Å². The van der Waals surface area contributed by atoms with Crippen LogP contribution in [-0.2, 0) is 4.79 Å². The van der Waals surface area contributed by atoms with Crippen molar-refractivity contribution in [1.82, 2.24) is 15.3 Å². The molecule has 0 spiro atoms. The highest BCUT2D eigenvalue weighted by Crippen LogP contribution is 2.25. The molecule has 3 N–H and O–H groups in total. The average molecular weight is 457 g/mol. The maximum absolute atomic E-state index is 12.8. The number of carbonyl (C=O) groups excluding carboxylic acids is 2. The van der Waals surface area contributed by atoms with Gasteiger partial charge in [0, 0.05) is 28.8 Å². The van der Waals surface area contributed by atoms with Crippen molar-refractivity contribution in [1.29, 1.82) is 0 Å². The van der Waals surface area contributed by atoms with Crippen LogP contribution in [0.1, 0.15) is 68.1 Å². The Morgan fingerprint density at radius 2 is 1.71 bits per heavy atom. The molecule has 1 aromatic heterocycles. The summed E-state index contributed by atoms with van der Waals surface area (Å²) in [6.45, 7) is 0. The maximum Gasteiger partial charge on any atom is 0.251 e. The first kappa shape index (κ1) is 22.4. The first-order valence-corrected chi connectivity index (χ1v) is 12.5. The fourth-order valence-corrected chi connectivity index (χ4v) is 4.96. The third kappa shape index (κ3) is 5.22. The van der Waals surface area contributed by atoms with Crippen molar-refractivity contribution in [2.75, 3.05) is 5.32 Å². The second-order valence-electron chi connectivity index (χ2n) is 9.53. The van der Waals surface area contributed by atoms with Crippen LogP contribution in [0.2, 0.25) is 0 Å². The highest BCUT2D eigenvalue weighted by Gasteiger charge is 2.19. The Bertz CT molecular complexity index is 1190. The minimum atomic E-state index is -0.0214. The van der Waals surface area contributed by atoms with E-state index < -0.39 is 0 Å². The number of rotatable bonds is 5. The van der Waals surface area contributed by atoms with E-state index in [0.717, 1.165) is 60.2 Å². The lowest BCUT2D eigenvalue weighted by atomic mass is 9.93. The third-order valence-electron chi connectivity index (χ3n) is 7.00. The molecule has 2 aromatic carbocycles. The fourth-order valence-electron chi connectivity index (χ4n) is 4.96. The van der Waals surface area contributed by atoms with E-state index in [4.69, 9.17) is 4.98 Å². The smallest absolute Gasteiger partial charge is 0.251 e. The quantitative estimate of drug-likeness (QED) is 0.326. The van der Waals surface area contributed by atoms with E-state index in [-0.39, 0.29) is 23.8 Å². The number of hydrogen-bond acceptors (Lipinski definition) is 3. The number of carbonyl (C=O) groups is 2. The predicted molar refractivity (Wildman–Crippen MR) is 136 cm³/mol. The Kier molecular flexibility index (Phi) is 6.74. The van der Waals surface area contributed by atoms with Crippen molar-refractivity contribution in [3.8, 4) is 11.4 Å². The van der Waals surface area contributed by atoms with E-state index in [0.29, 0.717) is 5.56 Å². The number of aromatic amines is 1. The normalized spacial score (nSPS) is 19.0. The van der Waals surface area contributed by atoms with Crippen molar-refractivity contribution >= 4 is 28.5 Å². The Balaban J connectivity index is 1.26. The lowest BCUT2D eigenvalue weighted by Crippen LogP contribution is -2.34. The minimum absolute atomic E-state index is 0.0214. The van der Waals surface area contributed by atoms with Crippen LogP contribution >= 0.6 is 0 Å². The zero-order valence-corrected chi connectivity index (χ0v) is 19.5. The van der Waals surface area contributed by atoms with Crippen molar-refractivity contribution in [2.24, 2.45) is 5.92 Å². The Labute approximate surface area is 200 Å². The second-order valence-corrected chi connectivity index (χ2v) is 9.53. The van der Waals surface area contributed by atoms with Crippen molar-refractivity contribution in [3.05, 3.63) is 60.2 Å². The summed E-state index contributed by atoms with van der Waals surface area (Å²) in [4.78, 5) is 33.3. The Morgan fingerprint density at radius 1 is 0.912 bits per heavy atom. The molecule has 5 rings (SSSR count). The van der Waals surface area contributed by atoms with E-state index in [9.17, 15) is 9.59 Å². The summed E-state index contributed by atoms with van der Waals surface area (Å²) < 4.78 is 0. The van der Waals surface area contributed by atoms with E-state index in [1.807, 2.05) is 42.5 Å². The molecule has 1 heterocycles. The van der Waals surface area contributed by atoms with Crippen LogP contribution < -0.4 is 10.6 Å². The van der Waals surface area contributed by atoms with Gasteiger partial charge in [-0.05, 0) is 74.6 Å². The molecule has 34 heavy (non-hydrogen) atoms. The second kappa shape index (κ2) is 10.2. The highest BCUT2D eigenvalue weighted by molar-refractivity contribution is 5.98. The molecule has 0 radical (unpaired) electrons. The zero-order chi connectivity index (χ0) is 23.3. The molecule has 2 amide bonds. The number of hydrogen-bond donors (Lipinski definition) is 3. The SMILES string of the molecule is O=C(NC1CCCCCC1)c1ccc2[nH]c(-c3ccc(NC(=O)C4CC=CCC4)cc3)nc2c1. The molecule has 0 bridgehead atoms. The molecule has 0 aliphatic heterocycles. The van der Waals surface area contributed by atoms with E-state index >= 15 is 0 Å². The molecule has 176 valence electrons. The molecule has 1 saturated carbocycles. The van der Waals surface area contributed by atoms with E-state index in [1.54, 1.807) is 0 Å². The number of allylic oxidation sites excluding steroid dienone is 2. The number of aromatic nitrogens is 2. The first-order chi connectivity index (χ1) is 16.7. The summed E-state index contributed by atoms with van der Waals surface area (Å²) in [5.74, 6) is 0.850. The fraction of sp³-hybridized carbons (Fsp3) is 0.393. The van der Waals surface area contributed by atoms with Crippen molar-refractivity contribution in [2.45, 2.75) is 63.8 Å². The predicted octanol–water partition coefficient (Wildman–Crippen LogP) is 5.98. The number of nitrogens with zero attached hydrogens (tertiary/aromatic N) is 1. The van der Waals surface area contributed by atoms with Crippen LogP contribution in [0, 0.1) is 5.92 Å². The molecule has 3 aromatic rings. The molecule has 1 unspecified atom stereocenters. The third-order valence-corrected chi connectivity index (χ3v) is 7.00. The van der Waals surface area contributed by atoms with Gasteiger partial charge in [0.05, 0.1) is 11.0 Å². The molecule has 2 aliphatic rings. The van der Waals surface area contributed by atoms with Gasteiger partial charge in [-0.3, -0.25) is 9.59 Å². The molecule has 1 fully saturated rings. The van der Waals surface area contributed by atoms with Crippen LogP contribution in [0.5, 0.6) is 0 Å². The lowest BCUT2D eigenvalue weighted by Gasteiger charge is -2.17. The number of fused-ring (bicyclic) bond motifs is 1. The molecule has 2 aliphatic carbocycles. The van der Waals surface area contributed by atoms with Gasteiger partial charge in [0.25, 0.3) is 5.91 Å². The number of anilines is 1. The molecule has 1 atom stereocenters. The summed E-state index contributed by atoms with van der Waals surface area (Å²) in [5.41, 5.74) is 4.02. The van der Waals surface area contributed by atoms with Gasteiger partial charge < -0.3 is 15.6 Å². The largest absolute Gasteiger partial charge is 0.349 e. The standard InChI is InChI=1S/C28H32N4O2/c33-27(20-8-4-3-5-9-20)30-23-15-12-19(13-16-23)26-31-24-17-14-21(18-25(24)32-26)28(34)29-22-10-6-1-2-7-11-22/h3-4,12-18,20,22H,1-2,5-11H2,(H,29,34)(H,30,33)(H,31,32). The monoisotopic (exact) mass is 456 g/mol. The summed E-state index contributed by atoms with van der Waals surface area (Å²) in [5, 5.41) is 6.23.